The van der Waals surface area contributed by atoms with Crippen molar-refractivity contribution in [2.45, 2.75) is 244 Å². The number of aromatic amines is 1. The number of nitrogens with one attached hydrogen (secondary N) is 1. The number of carbonyl (C=O) groups is 7. The molecule has 51 heteroatoms. The van der Waals surface area contributed by atoms with Crippen LogP contribution in [0.3, 0.4) is 0 Å². The number of H-pyrrole nitrogens is 1. The molecule has 0 spiro atoms. The molecule has 5 aliphatic rings. The highest BCUT2D eigenvalue weighted by molar-refractivity contribution is 7.99. The van der Waals surface area contributed by atoms with Gasteiger partial charge in [-0.05, 0) is 47.2 Å². The highest BCUT2D eigenvalue weighted by Gasteiger charge is 2.63. The van der Waals surface area contributed by atoms with Gasteiger partial charge in [0, 0.05) is 48.5 Å². The molecule has 13 N–H and O–H groups in total. The predicted molar refractivity (Wildman–Crippen MR) is 439 cm³/mol. The van der Waals surface area contributed by atoms with Gasteiger partial charge in [0.15, 0.2) is 59.6 Å². The van der Waals surface area contributed by atoms with Crippen molar-refractivity contribution in [1.29, 1.82) is 0 Å². The molecule has 13 heterocycles. The molecule has 16 atom stereocenters. The maximum absolute atomic E-state index is 11.8. The van der Waals surface area contributed by atoms with Crippen LogP contribution in [0.15, 0.2) is 45.4 Å². The largest absolute Gasteiger partial charge is 0.463 e. The minimum atomic E-state index is -2.89. The Bertz CT molecular complexity index is 4960. The minimum Gasteiger partial charge on any atom is -0.463 e. The number of anilines is 4. The number of esters is 7. The minimum absolute atomic E-state index is 0.150. The lowest BCUT2D eigenvalue weighted by molar-refractivity contribution is -0.197. The number of aromatic nitrogens is 16. The van der Waals surface area contributed by atoms with Crippen molar-refractivity contribution in [3.63, 3.8) is 0 Å². The van der Waals surface area contributed by atoms with E-state index in [2.05, 4.69) is 116 Å². The molecule has 0 saturated carbocycles. The van der Waals surface area contributed by atoms with Gasteiger partial charge in [0.25, 0.3) is 0 Å². The molecule has 0 bridgehead atoms. The molecule has 1 unspecified atom stereocenters. The number of nitrogens with zero attached hydrogens (tertiary/aromatic N) is 15. The van der Waals surface area contributed by atoms with E-state index in [1.807, 2.05) is 25.0 Å². The van der Waals surface area contributed by atoms with Crippen LogP contribution in [0.4, 0.5) is 23.3 Å². The van der Waals surface area contributed by atoms with Crippen LogP contribution in [0.2, 0.25) is 22.2 Å². The molecule has 13 rings (SSSR count). The molecule has 45 nitrogen and oxygen atoms in total. The van der Waals surface area contributed by atoms with Gasteiger partial charge in [0.05, 0.1) is 34.8 Å². The average molecular weight is 1810 g/mol. The number of nitrogen functional groups attached to an aromatic ring is 4. The van der Waals surface area contributed by atoms with Crippen molar-refractivity contribution in [2.24, 2.45) is 0 Å². The van der Waals surface area contributed by atoms with E-state index in [0.717, 1.165) is 31.2 Å². The summed E-state index contributed by atoms with van der Waals surface area (Å²) >= 11 is 5.65. The van der Waals surface area contributed by atoms with Gasteiger partial charge in [-0.25, -0.2) is 53.9 Å². The van der Waals surface area contributed by atoms with Crippen LogP contribution in [0.5, 0.6) is 0 Å². The highest BCUT2D eigenvalue weighted by Crippen LogP contribution is 2.50. The lowest BCUT2D eigenvalue weighted by Gasteiger charge is -2.51. The molecule has 121 heavy (non-hydrogen) atoms. The molecule has 8 aromatic heterocycles. The van der Waals surface area contributed by atoms with Gasteiger partial charge in [-0.15, -0.1) is 47.0 Å². The van der Waals surface area contributed by atoms with Gasteiger partial charge in [-0.2, -0.15) is 20.4 Å². The van der Waals surface area contributed by atoms with Gasteiger partial charge in [0.2, 0.25) is 12.4 Å². The summed E-state index contributed by atoms with van der Waals surface area (Å²) in [5.74, 6) is -3.00. The maximum Gasteiger partial charge on any atom is 0.335 e. The summed E-state index contributed by atoms with van der Waals surface area (Å²) in [4.78, 5) is 112. The Morgan fingerprint density at radius 1 is 0.463 bits per heavy atom. The van der Waals surface area contributed by atoms with Crippen LogP contribution < -0.4 is 22.9 Å². The van der Waals surface area contributed by atoms with Gasteiger partial charge in [-0.3, -0.25) is 38.7 Å². The van der Waals surface area contributed by atoms with E-state index in [-0.39, 0.29) is 53.6 Å². The lowest BCUT2D eigenvalue weighted by atomic mass is 10.1. The van der Waals surface area contributed by atoms with Crippen molar-refractivity contribution in [1.82, 2.24) is 79.4 Å². The molecule has 0 radical (unpaired) electrons. The van der Waals surface area contributed by atoms with Crippen molar-refractivity contribution in [3.05, 3.63) is 25.3 Å². The maximum atomic E-state index is 11.8. The number of aliphatic hydroxyl groups excluding tert-OH is 4. The monoisotopic (exact) mass is 1810 g/mol. The lowest BCUT2D eigenvalue weighted by Crippen LogP contribution is -2.65. The first kappa shape index (κ1) is 95.9. The van der Waals surface area contributed by atoms with Crippen LogP contribution >= 0.6 is 47.0 Å². The summed E-state index contributed by atoms with van der Waals surface area (Å²) in [5, 5.41) is 66.3. The predicted octanol–water partition coefficient (Wildman–Crippen LogP) is 3.90. The Morgan fingerprint density at radius 3 is 1.25 bits per heavy atom. The van der Waals surface area contributed by atoms with Crippen molar-refractivity contribution in [2.75, 3.05) is 74.4 Å². The molecule has 0 aromatic carbocycles. The van der Waals surface area contributed by atoms with Crippen molar-refractivity contribution < 1.29 is 119 Å². The van der Waals surface area contributed by atoms with Crippen LogP contribution in [0.25, 0.3) is 44.1 Å². The highest BCUT2D eigenvalue weighted by atomic mass is 32.2. The van der Waals surface area contributed by atoms with Crippen LogP contribution in [0.1, 0.15) is 123 Å². The number of nitrogens with two attached hydrogens (primary N) is 4. The summed E-state index contributed by atoms with van der Waals surface area (Å²) in [6.45, 7) is 25.1. The third-order valence-corrected chi connectivity index (χ3v) is 32.4. The SMILES string of the molecule is CC(=O)OC[C@@H]1OC(OC(C)=O)[C@H](OC(C)=O)[C@@H]1OC(C)=O.CSc1n[nH]c2ncnc(N)c12.CSc1nn([C@@H]2O[C@@H](CO)[C@@H](O)[C@H]2O)c2ncnc(N)c12.CSc1nn([C@@H]2O[C@@H](COC(C)=O)[C@@H](OC(C)=O)[C@H]2OC(C)=O)c2ncnc(N)c12.CSc1nn([C@@H]2O[C@H]3CO[Si](C(C)C)(C(C)C)O[Si](C(C)C)(C(C)C)O[C@H]3[C@H]2O)c2ncnc(N)c12. The van der Waals surface area contributed by atoms with E-state index >= 15 is 0 Å². The summed E-state index contributed by atoms with van der Waals surface area (Å²) in [7, 11) is -5.59. The zero-order valence-electron chi connectivity index (χ0n) is 69.7. The fourth-order valence-electron chi connectivity index (χ4n) is 14.1. The molecule has 5 fully saturated rings. The normalized spacial score (nSPS) is 25.2. The summed E-state index contributed by atoms with van der Waals surface area (Å²) in [5.41, 5.74) is 26.4. The average Bonchev–Trinajstić information content (AvgIpc) is 1.66. The van der Waals surface area contributed by atoms with E-state index in [4.69, 9.17) is 98.2 Å². The second-order valence-corrected chi connectivity index (χ2v) is 40.9. The van der Waals surface area contributed by atoms with E-state index in [1.54, 1.807) is 4.68 Å². The Balaban J connectivity index is 0.000000178. The topological polar surface area (TPSA) is 619 Å². The summed E-state index contributed by atoms with van der Waals surface area (Å²) in [6.07, 6.45) is -2.68. The molecule has 0 aliphatic carbocycles. The first-order chi connectivity index (χ1) is 57.2. The molecule has 5 saturated heterocycles. The number of ether oxygens (including phenoxy) is 11. The Labute approximate surface area is 712 Å². The number of aliphatic hydroxyl groups is 4. The number of hydrogen-bond donors (Lipinski definition) is 9. The number of hydrogen-bond acceptors (Lipinski definition) is 45. The van der Waals surface area contributed by atoms with E-state index in [9.17, 15) is 48.9 Å². The fourth-order valence-corrected chi connectivity index (χ4v) is 27.6. The van der Waals surface area contributed by atoms with Gasteiger partial charge >= 0.3 is 58.9 Å². The van der Waals surface area contributed by atoms with Gasteiger partial charge < -0.3 is 108 Å². The zero-order chi connectivity index (χ0) is 89.1. The molecule has 664 valence electrons. The molecule has 5 aliphatic heterocycles. The van der Waals surface area contributed by atoms with Crippen molar-refractivity contribution >= 4 is 173 Å². The zero-order valence-corrected chi connectivity index (χ0v) is 75.0. The molecular formula is C70H102N20O25S4Si2. The first-order valence-electron chi connectivity index (χ1n) is 37.7. The van der Waals surface area contributed by atoms with Crippen LogP contribution in [0, 0.1) is 0 Å². The van der Waals surface area contributed by atoms with Gasteiger partial charge in [-0.1, -0.05) is 55.4 Å². The van der Waals surface area contributed by atoms with Crippen LogP contribution in [-0.4, -0.2) is 290 Å². The fraction of sp³-hybridized carbons (Fsp3) is 0.614. The quantitative estimate of drug-likeness (QED) is 0.0213. The third-order valence-electron chi connectivity index (χ3n) is 19.4. The number of fused-ring (bicyclic) bond motifs is 5. The molecule has 0 amide bonds. The molecular weight excluding hydrogens is 1710 g/mol. The Kier molecular flexibility index (Phi) is 32.9. The number of thioether (sulfide) groups is 4. The third kappa shape index (κ3) is 21.3. The second kappa shape index (κ2) is 41.5. The number of rotatable bonds is 21. The Hall–Kier alpha value is -8.92. The second-order valence-electron chi connectivity index (χ2n) is 28.9. The number of carbonyl (C=O) groups excluding carboxylic acids is 7. The Morgan fingerprint density at radius 2 is 0.843 bits per heavy atom. The molecule has 8 aromatic rings. The summed E-state index contributed by atoms with van der Waals surface area (Å²) < 4.78 is 84.3. The van der Waals surface area contributed by atoms with Crippen LogP contribution in [-0.2, 0) is 98.6 Å². The van der Waals surface area contributed by atoms with E-state index in [1.165, 1.54) is 109 Å². The smallest absolute Gasteiger partial charge is 0.335 e. The first-order valence-corrected chi connectivity index (χ1v) is 46.6. The van der Waals surface area contributed by atoms with E-state index in [0.29, 0.717) is 65.5 Å². The van der Waals surface area contributed by atoms with Gasteiger partial charge in [0.1, 0.15) is 131 Å². The summed E-state index contributed by atoms with van der Waals surface area (Å²) in [6, 6.07) is 0. The van der Waals surface area contributed by atoms with E-state index < -0.39 is 164 Å². The standard InChI is InChI=1S/C23H41N5O5SSi2.C17H21N5O7S.C13H18O9.C11H15N5O4S.C6H7N5S/c1-12(2)35(13(3)4)30-10-16-19(32-36(33-35,14(5)6)15(7)8)18(29)23(31-16)28-21-17(22(27-28)34-9)20(24)25-11-26-21;1-7(23)26-5-10-12(27-8(2)24)13(28-9(3)25)17(29-10)22-15-11(16(21-22)30-4)14(18)19-6-20-15;1-6(14)18-5-10-11(19-7(2)15)12(20-8(3)16)13(22-10)21-9(4)17;1-21-10-5-8(12)13-3-14-9(5)16(15-10)11-7(19)6(18)4(2-17)20-11;1-12-6-3-4(7)8-2-9-5(3)10-11-6/h11-16,18-19,23,29H,10H2,1-9H3,(H2,24,25,26);6,10,12-13,17H,5H2,1-4H3,(H2,18,19,20);10-13H,5H2,1-4H3;3-4,6-7,11,17-19H,2H2,1H3,(H2,12,13,14);2H,1H3,(H3,7,8,9,10,11)/t16-,18+,19+,23+;10-,12+,13+,17+;10-,11+,12+,13?;4-,6+,7+,11+;/m0000./s1. The van der Waals surface area contributed by atoms with Crippen molar-refractivity contribution in [3.8, 4) is 0 Å².